The van der Waals surface area contributed by atoms with E-state index in [0.29, 0.717) is 25.1 Å². The zero-order valence-electron chi connectivity index (χ0n) is 40.6. The van der Waals surface area contributed by atoms with E-state index in [4.69, 9.17) is 10.5 Å². The Bertz CT molecular complexity index is 2560. The van der Waals surface area contributed by atoms with Crippen LogP contribution in [-0.4, -0.2) is 92.0 Å². The first-order valence-corrected chi connectivity index (χ1v) is 24.3. The quantitative estimate of drug-likeness (QED) is 0.0182. The molecule has 1 fully saturated rings. The normalized spacial score (nSPS) is 13.3. The Morgan fingerprint density at radius 1 is 0.841 bits per heavy atom. The van der Waals surface area contributed by atoms with E-state index in [1.807, 2.05) is 62.6 Å². The molecule has 1 amide bonds. The summed E-state index contributed by atoms with van der Waals surface area (Å²) < 4.78 is 2.24. The molecule has 0 spiro atoms. The summed E-state index contributed by atoms with van der Waals surface area (Å²) in [6, 6.07) is 33.9. The number of hydrogen-bond donors (Lipinski definition) is 5. The Hall–Kier alpha value is -6.89. The highest BCUT2D eigenvalue weighted by molar-refractivity contribution is 6.04. The predicted molar refractivity (Wildman–Crippen MR) is 282 cm³/mol. The van der Waals surface area contributed by atoms with Crippen molar-refractivity contribution in [1.29, 1.82) is 5.41 Å². The Kier molecular flexibility index (Phi) is 22.9. The van der Waals surface area contributed by atoms with Gasteiger partial charge in [-0.05, 0) is 112 Å². The Morgan fingerprint density at radius 2 is 1.52 bits per heavy atom. The molecule has 5 N–H and O–H groups in total. The molecule has 5 aromatic rings. The van der Waals surface area contributed by atoms with Crippen molar-refractivity contribution in [3.63, 3.8) is 0 Å². The number of aliphatic hydroxyl groups excluding tert-OH is 1. The molecule has 1 aromatic heterocycles. The van der Waals surface area contributed by atoms with Gasteiger partial charge in [0.25, 0.3) is 5.91 Å². The topological polar surface area (TPSA) is 152 Å². The molecule has 11 nitrogen and oxygen atoms in total. The van der Waals surface area contributed by atoms with E-state index < -0.39 is 6.04 Å². The number of hydrogen-bond acceptors (Lipinski definition) is 8. The maximum absolute atomic E-state index is 12.9. The molecule has 1 aliphatic carbocycles. The first-order chi connectivity index (χ1) is 33.9. The number of nitrogens with one attached hydrogen (secondary N) is 4. The highest BCUT2D eigenvalue weighted by Crippen LogP contribution is 2.41. The Labute approximate surface area is 409 Å². The molecule has 2 heterocycles. The summed E-state index contributed by atoms with van der Waals surface area (Å²) in [4.78, 5) is 41.1. The molecule has 7 rings (SSSR count). The van der Waals surface area contributed by atoms with Crippen LogP contribution in [0, 0.1) is 29.1 Å². The van der Waals surface area contributed by atoms with Crippen LogP contribution in [0.2, 0.25) is 0 Å². The van der Waals surface area contributed by atoms with Crippen LogP contribution in [-0.2, 0) is 22.7 Å². The molecule has 11 heteroatoms. The van der Waals surface area contributed by atoms with Gasteiger partial charge in [-0.1, -0.05) is 122 Å². The summed E-state index contributed by atoms with van der Waals surface area (Å²) in [6.45, 7) is 2.70. The number of unbranched alkanes of at least 4 members (excludes halogenated alkanes) is 3. The zero-order chi connectivity index (χ0) is 49.1. The molecule has 360 valence electrons. The number of amides is 1. The number of rotatable bonds is 19. The van der Waals surface area contributed by atoms with E-state index in [9.17, 15) is 14.4 Å². The fourth-order valence-corrected chi connectivity index (χ4v) is 8.51. The van der Waals surface area contributed by atoms with Crippen molar-refractivity contribution in [3.8, 4) is 46.1 Å². The van der Waals surface area contributed by atoms with Gasteiger partial charge in [0.2, 0.25) is 0 Å². The molecule has 1 atom stereocenters. The van der Waals surface area contributed by atoms with Gasteiger partial charge in [-0.25, -0.2) is 0 Å². The number of carbonyl (C=O) groups is 3. The number of anilines is 1. The minimum Gasteiger partial charge on any atom is -0.393 e. The van der Waals surface area contributed by atoms with Crippen molar-refractivity contribution in [2.45, 2.75) is 102 Å². The number of benzene rings is 4. The number of fused-ring (bicyclic) bond motifs is 1. The maximum atomic E-state index is 12.9. The van der Waals surface area contributed by atoms with Crippen molar-refractivity contribution < 1.29 is 19.5 Å². The molecule has 0 saturated heterocycles. The van der Waals surface area contributed by atoms with Crippen molar-refractivity contribution in [3.05, 3.63) is 137 Å². The van der Waals surface area contributed by atoms with Crippen LogP contribution < -0.4 is 16.0 Å². The lowest BCUT2D eigenvalue weighted by atomic mass is 9.98. The van der Waals surface area contributed by atoms with E-state index in [2.05, 4.69) is 97.7 Å². The van der Waals surface area contributed by atoms with Crippen LogP contribution in [0.25, 0.3) is 22.4 Å². The van der Waals surface area contributed by atoms with Gasteiger partial charge in [-0.2, -0.15) is 0 Å². The summed E-state index contributed by atoms with van der Waals surface area (Å²) >= 11 is 0. The molecule has 1 saturated carbocycles. The molecular weight excluding hydrogens is 859 g/mol. The average Bonchev–Trinajstić information content (AvgIpc) is 3.88. The molecule has 4 aromatic carbocycles. The zero-order valence-corrected chi connectivity index (χ0v) is 40.6. The lowest BCUT2D eigenvalue weighted by Crippen LogP contribution is -2.36. The molecular formula is C58H69N7O4. The lowest BCUT2D eigenvalue weighted by Gasteiger charge is -2.22. The summed E-state index contributed by atoms with van der Waals surface area (Å²) in [5.74, 6) is 13.9. The highest BCUT2D eigenvalue weighted by atomic mass is 16.3. The first-order valence-electron chi connectivity index (χ1n) is 24.3. The van der Waals surface area contributed by atoms with Crippen LogP contribution in [0.15, 0.2) is 108 Å². The van der Waals surface area contributed by atoms with E-state index in [1.54, 1.807) is 24.4 Å². The number of carbonyl (C=O) groups excluding carboxylic acids is 3. The van der Waals surface area contributed by atoms with Gasteiger partial charge in [0.1, 0.15) is 18.4 Å². The van der Waals surface area contributed by atoms with Crippen molar-refractivity contribution in [2.24, 2.45) is 4.99 Å². The minimum atomic E-state index is -0.608. The van der Waals surface area contributed by atoms with Gasteiger partial charge in [0, 0.05) is 73.4 Å². The summed E-state index contributed by atoms with van der Waals surface area (Å²) in [5, 5.41) is 27.0. The van der Waals surface area contributed by atoms with Crippen LogP contribution in [0.5, 0.6) is 0 Å². The fourth-order valence-electron chi connectivity index (χ4n) is 8.51. The average molecular weight is 928 g/mol. The van der Waals surface area contributed by atoms with Gasteiger partial charge in [0.05, 0.1) is 24.2 Å². The van der Waals surface area contributed by atoms with Crippen molar-refractivity contribution >= 4 is 36.9 Å². The SMILES string of the molecule is CN=CNc1c(C=N)c(-c2ccccc2)c(-c2ccccc2)n1Cc1cccc(C#CCCCCNCCCC#Cc2cccc3c2CN(C(C=O)CCC=O)C3=O)c1.CNC.OC1CCCCC1. The molecule has 2 aliphatic rings. The molecule has 69 heavy (non-hydrogen) atoms. The smallest absolute Gasteiger partial charge is 0.255 e. The third kappa shape index (κ3) is 15.8. The second-order valence-corrected chi connectivity index (χ2v) is 17.1. The van der Waals surface area contributed by atoms with Gasteiger partial charge in [-0.15, -0.1) is 0 Å². The molecule has 1 unspecified atom stereocenters. The molecule has 1 aliphatic heterocycles. The molecule has 0 radical (unpaired) electrons. The van der Waals surface area contributed by atoms with E-state index in [-0.39, 0.29) is 18.4 Å². The standard InChI is InChI=1S/C50H50N6O3.C6H12O.C2H7N/c1-52-37-54-49-45(33-51)47(41-22-8-4-9-23-41)48(42-24-10-5-11-25-42)56(49)34-39-20-15-19-38(32-39)18-7-2-3-13-29-53-30-14-6-12-21-40-26-16-28-44-46(40)35-55(50(44)59)43(36-58)27-17-31-57;7-6-4-2-1-3-5-6;1-3-2/h4-5,8-11,15-16,19-20,22-26,28,31-33,36-37,43,51,53H,2-3,6,13-14,17,27,29-30,34-35H2,1H3,(H,52,54);6-7H,1-5H2;3H,1-2H3. The Balaban J connectivity index is 0.000000796. The van der Waals surface area contributed by atoms with E-state index in [0.717, 1.165) is 127 Å². The van der Waals surface area contributed by atoms with Crippen LogP contribution in [0.1, 0.15) is 115 Å². The number of aldehydes is 2. The predicted octanol–water partition coefficient (Wildman–Crippen LogP) is 9.53. The Morgan fingerprint density at radius 3 is 2.19 bits per heavy atom. The van der Waals surface area contributed by atoms with Crippen LogP contribution >= 0.6 is 0 Å². The number of aliphatic imine (C=N–C) groups is 1. The summed E-state index contributed by atoms with van der Waals surface area (Å²) in [6.07, 6.45) is 15.6. The van der Waals surface area contributed by atoms with Gasteiger partial charge >= 0.3 is 0 Å². The monoisotopic (exact) mass is 928 g/mol. The van der Waals surface area contributed by atoms with Crippen molar-refractivity contribution in [1.82, 2.24) is 20.1 Å². The third-order valence-electron chi connectivity index (χ3n) is 11.9. The highest BCUT2D eigenvalue weighted by Gasteiger charge is 2.33. The largest absolute Gasteiger partial charge is 0.393 e. The minimum absolute atomic E-state index is 0.0359. The number of aliphatic hydroxyl groups is 1. The van der Waals surface area contributed by atoms with Gasteiger partial charge in [0.15, 0.2) is 0 Å². The summed E-state index contributed by atoms with van der Waals surface area (Å²) in [5.41, 5.74) is 9.26. The number of aromatic nitrogens is 1. The number of nitrogens with zero attached hydrogens (tertiary/aromatic N) is 3. The second-order valence-electron chi connectivity index (χ2n) is 17.1. The second kappa shape index (κ2) is 29.8. The van der Waals surface area contributed by atoms with Crippen LogP contribution in [0.3, 0.4) is 0 Å². The first kappa shape index (κ1) is 53.1. The van der Waals surface area contributed by atoms with Crippen molar-refractivity contribution in [2.75, 3.05) is 39.5 Å². The van der Waals surface area contributed by atoms with E-state index in [1.165, 1.54) is 25.5 Å². The lowest BCUT2D eigenvalue weighted by molar-refractivity contribution is -0.112. The summed E-state index contributed by atoms with van der Waals surface area (Å²) in [7, 11) is 5.48. The third-order valence-corrected chi connectivity index (χ3v) is 11.9. The maximum Gasteiger partial charge on any atom is 0.255 e. The van der Waals surface area contributed by atoms with Crippen LogP contribution in [0.4, 0.5) is 5.82 Å². The molecule has 0 bridgehead atoms. The van der Waals surface area contributed by atoms with Gasteiger partial charge in [-0.3, -0.25) is 9.79 Å². The fraction of sp³-hybridized carbons (Fsp3) is 0.362. The van der Waals surface area contributed by atoms with E-state index >= 15 is 0 Å². The van der Waals surface area contributed by atoms with Gasteiger partial charge < -0.3 is 45.5 Å².